The molecule has 0 aliphatic heterocycles. The predicted octanol–water partition coefficient (Wildman–Crippen LogP) is 4.61. The summed E-state index contributed by atoms with van der Waals surface area (Å²) >= 11 is 4.75. The molecule has 4 rings (SSSR count). The summed E-state index contributed by atoms with van der Waals surface area (Å²) in [6.07, 6.45) is 12.5. The zero-order valence-electron chi connectivity index (χ0n) is 13.5. The number of allylic oxidation sites excluding steroid dienone is 2. The zero-order chi connectivity index (χ0) is 14.8. The Bertz CT molecular complexity index is 472. The Balaban J connectivity index is 1.68. The van der Waals surface area contributed by atoms with Crippen LogP contribution in [0.25, 0.3) is 0 Å². The Hall–Kier alpha value is 0.0500. The first-order valence-corrected chi connectivity index (χ1v) is 9.52. The molecule has 0 amide bonds. The Morgan fingerprint density at radius 3 is 2.71 bits per heavy atom. The number of fused-ring (bicyclic) bond motifs is 5. The van der Waals surface area contributed by atoms with Crippen molar-refractivity contribution in [3.05, 3.63) is 11.6 Å². The molecule has 21 heavy (non-hydrogen) atoms. The van der Waals surface area contributed by atoms with Gasteiger partial charge < -0.3 is 5.11 Å². The monoisotopic (exact) mass is 306 g/mol. The van der Waals surface area contributed by atoms with E-state index in [2.05, 4.69) is 19.9 Å². The summed E-state index contributed by atoms with van der Waals surface area (Å²) in [4.78, 5) is 0. The maximum atomic E-state index is 10.5. The van der Waals surface area contributed by atoms with Crippen molar-refractivity contribution in [1.82, 2.24) is 0 Å². The molecule has 0 aromatic rings. The van der Waals surface area contributed by atoms with E-state index in [-0.39, 0.29) is 11.5 Å². The number of hydrogen-bond donors (Lipinski definition) is 2. The van der Waals surface area contributed by atoms with Gasteiger partial charge in [-0.3, -0.25) is 0 Å². The van der Waals surface area contributed by atoms with E-state index in [1.807, 2.05) is 0 Å². The van der Waals surface area contributed by atoms with Gasteiger partial charge in [0.15, 0.2) is 0 Å². The van der Waals surface area contributed by atoms with Crippen molar-refractivity contribution >= 4 is 12.6 Å². The smallest absolute Gasteiger partial charge is 0.0596 e. The van der Waals surface area contributed by atoms with Crippen molar-refractivity contribution in [2.24, 2.45) is 28.6 Å². The van der Waals surface area contributed by atoms with Gasteiger partial charge in [0.2, 0.25) is 0 Å². The van der Waals surface area contributed by atoms with E-state index >= 15 is 0 Å². The third kappa shape index (κ3) is 1.94. The van der Waals surface area contributed by atoms with Crippen LogP contribution < -0.4 is 0 Å². The highest BCUT2D eigenvalue weighted by Gasteiger charge is 2.58. The lowest BCUT2D eigenvalue weighted by molar-refractivity contribution is -0.0658. The van der Waals surface area contributed by atoms with Crippen LogP contribution in [0.4, 0.5) is 0 Å². The minimum atomic E-state index is -0.0465. The predicted molar refractivity (Wildman–Crippen MR) is 90.5 cm³/mol. The zero-order valence-corrected chi connectivity index (χ0v) is 14.4. The average Bonchev–Trinajstić information content (AvgIpc) is 2.76. The highest BCUT2D eigenvalue weighted by molar-refractivity contribution is 7.80. The molecule has 1 N–H and O–H groups in total. The standard InChI is InChI=1S/C19H30OS/c1-18-9-7-13(21)11-12(18)3-4-14-15-5-6-17(20)19(15,2)10-8-16(14)18/h3,13-17,20-21H,4-11H2,1-2H3/t13-,14-,15-,16-,17-,18-,19-/m0/s1. The van der Waals surface area contributed by atoms with Gasteiger partial charge in [0, 0.05) is 5.25 Å². The maximum absolute atomic E-state index is 10.5. The summed E-state index contributed by atoms with van der Waals surface area (Å²) in [5.41, 5.74) is 2.37. The molecule has 0 bridgehead atoms. The Labute approximate surface area is 135 Å². The van der Waals surface area contributed by atoms with E-state index < -0.39 is 0 Å². The molecule has 0 saturated heterocycles. The van der Waals surface area contributed by atoms with E-state index in [1.165, 1.54) is 44.9 Å². The first kappa shape index (κ1) is 14.6. The van der Waals surface area contributed by atoms with Crippen molar-refractivity contribution in [2.75, 3.05) is 0 Å². The van der Waals surface area contributed by atoms with Crippen LogP contribution in [-0.2, 0) is 0 Å². The third-order valence-electron chi connectivity index (χ3n) is 8.03. The molecule has 3 saturated carbocycles. The van der Waals surface area contributed by atoms with Gasteiger partial charge in [-0.2, -0.15) is 12.6 Å². The molecule has 0 radical (unpaired) electrons. The van der Waals surface area contributed by atoms with Crippen LogP contribution in [0.3, 0.4) is 0 Å². The minimum Gasteiger partial charge on any atom is -0.393 e. The molecular weight excluding hydrogens is 276 g/mol. The molecule has 3 fully saturated rings. The Kier molecular flexibility index (Phi) is 3.32. The average molecular weight is 307 g/mol. The molecule has 0 heterocycles. The molecule has 1 nitrogen and oxygen atoms in total. The molecule has 118 valence electrons. The van der Waals surface area contributed by atoms with Crippen LogP contribution in [0.2, 0.25) is 0 Å². The Morgan fingerprint density at radius 1 is 1.10 bits per heavy atom. The highest BCUT2D eigenvalue weighted by atomic mass is 32.1. The van der Waals surface area contributed by atoms with E-state index in [4.69, 9.17) is 12.6 Å². The van der Waals surface area contributed by atoms with Crippen LogP contribution in [-0.4, -0.2) is 16.5 Å². The minimum absolute atomic E-state index is 0.0465. The topological polar surface area (TPSA) is 20.2 Å². The van der Waals surface area contributed by atoms with E-state index in [9.17, 15) is 5.11 Å². The lowest BCUT2D eigenvalue weighted by Crippen LogP contribution is -2.50. The third-order valence-corrected chi connectivity index (χ3v) is 8.47. The fourth-order valence-corrected chi connectivity index (χ4v) is 6.94. The van der Waals surface area contributed by atoms with Gasteiger partial charge in [-0.15, -0.1) is 0 Å². The molecule has 4 aliphatic rings. The van der Waals surface area contributed by atoms with Gasteiger partial charge >= 0.3 is 0 Å². The fraction of sp³-hybridized carbons (Fsp3) is 0.895. The first-order chi connectivity index (χ1) is 9.95. The number of aliphatic hydroxyl groups is 1. The number of rotatable bonds is 0. The highest BCUT2D eigenvalue weighted by Crippen LogP contribution is 2.64. The molecule has 2 heteroatoms. The summed E-state index contributed by atoms with van der Waals surface area (Å²) in [5, 5.41) is 11.1. The largest absolute Gasteiger partial charge is 0.393 e. The SMILES string of the molecule is C[C@]12CC[C@H]3[C@@H](CC=C4C[C@@H](S)CC[C@@]43C)[C@@H]1CC[C@@H]2O. The molecule has 0 unspecified atom stereocenters. The van der Waals surface area contributed by atoms with Crippen molar-refractivity contribution < 1.29 is 5.11 Å². The molecule has 7 atom stereocenters. The van der Waals surface area contributed by atoms with Crippen LogP contribution >= 0.6 is 12.6 Å². The summed E-state index contributed by atoms with van der Waals surface area (Å²) in [7, 11) is 0. The van der Waals surface area contributed by atoms with E-state index in [0.29, 0.717) is 10.7 Å². The fourth-order valence-electron chi connectivity index (χ4n) is 6.61. The lowest BCUT2D eigenvalue weighted by Gasteiger charge is -2.57. The molecule has 0 aromatic heterocycles. The van der Waals surface area contributed by atoms with Gasteiger partial charge in [0.05, 0.1) is 6.10 Å². The van der Waals surface area contributed by atoms with Crippen molar-refractivity contribution in [1.29, 1.82) is 0 Å². The van der Waals surface area contributed by atoms with Crippen molar-refractivity contribution in [3.8, 4) is 0 Å². The van der Waals surface area contributed by atoms with E-state index in [0.717, 1.165) is 24.2 Å². The van der Waals surface area contributed by atoms with Crippen LogP contribution in [0.1, 0.15) is 65.2 Å². The lowest BCUT2D eigenvalue weighted by atomic mass is 9.48. The van der Waals surface area contributed by atoms with Crippen LogP contribution in [0.15, 0.2) is 11.6 Å². The van der Waals surface area contributed by atoms with Gasteiger partial charge in [0.1, 0.15) is 0 Å². The number of thiol groups is 1. The summed E-state index contributed by atoms with van der Waals surface area (Å²) in [6, 6.07) is 0. The van der Waals surface area contributed by atoms with Gasteiger partial charge in [-0.05, 0) is 80.0 Å². The summed E-state index contributed by atoms with van der Waals surface area (Å²) < 4.78 is 0. The summed E-state index contributed by atoms with van der Waals surface area (Å²) in [6.45, 7) is 4.92. The Morgan fingerprint density at radius 2 is 1.90 bits per heavy atom. The van der Waals surface area contributed by atoms with Gasteiger partial charge in [0.25, 0.3) is 0 Å². The van der Waals surface area contributed by atoms with Gasteiger partial charge in [-0.25, -0.2) is 0 Å². The number of hydrogen-bond acceptors (Lipinski definition) is 2. The van der Waals surface area contributed by atoms with E-state index in [1.54, 1.807) is 5.57 Å². The first-order valence-electron chi connectivity index (χ1n) is 9.01. The molecular formula is C19H30OS. The summed E-state index contributed by atoms with van der Waals surface area (Å²) in [5.74, 6) is 2.45. The molecule has 0 spiro atoms. The normalized spacial score (nSPS) is 56.2. The maximum Gasteiger partial charge on any atom is 0.0596 e. The second-order valence-corrected chi connectivity index (χ2v) is 9.52. The molecule has 4 aliphatic carbocycles. The van der Waals surface area contributed by atoms with Crippen molar-refractivity contribution in [3.63, 3.8) is 0 Å². The van der Waals surface area contributed by atoms with Crippen molar-refractivity contribution in [2.45, 2.75) is 76.6 Å². The van der Waals surface area contributed by atoms with Gasteiger partial charge in [-0.1, -0.05) is 25.5 Å². The second-order valence-electron chi connectivity index (χ2n) is 8.79. The number of aliphatic hydroxyl groups excluding tert-OH is 1. The van der Waals surface area contributed by atoms with Crippen LogP contribution in [0, 0.1) is 28.6 Å². The quantitative estimate of drug-likeness (QED) is 0.495. The second kappa shape index (κ2) is 4.77. The van der Waals surface area contributed by atoms with Crippen LogP contribution in [0.5, 0.6) is 0 Å². The molecule has 0 aromatic carbocycles.